The van der Waals surface area contributed by atoms with Gasteiger partial charge in [0.1, 0.15) is 11.4 Å². The van der Waals surface area contributed by atoms with E-state index in [0.29, 0.717) is 38.0 Å². The number of nitrogens with zero attached hydrogens (tertiary/aromatic N) is 2. The maximum atomic E-state index is 13.6. The van der Waals surface area contributed by atoms with Gasteiger partial charge in [0.05, 0.1) is 16.7 Å². The van der Waals surface area contributed by atoms with E-state index in [1.807, 2.05) is 30.3 Å². The van der Waals surface area contributed by atoms with E-state index in [0.717, 1.165) is 10.8 Å². The summed E-state index contributed by atoms with van der Waals surface area (Å²) in [5.41, 5.74) is -1.81. The summed E-state index contributed by atoms with van der Waals surface area (Å²) >= 11 is 0. The summed E-state index contributed by atoms with van der Waals surface area (Å²) in [7, 11) is -3.74. The van der Waals surface area contributed by atoms with Crippen LogP contribution in [0.4, 0.5) is 10.6 Å². The standard InChI is InChI=1S/C27H34N4O5S/c1-5-18-15-27(18,24(32)30-37(34,35)20-10-11-20)22-14-19(16-31(22)25(33)36-26(2,3)4)29-23-21-9-7-6-8-17(21)12-13-28-23/h5-9,12-13,18-20,22H,1,10-11,14-16H2,2-4H3,(H,28,29)(H,30,32). The van der Waals surface area contributed by atoms with Crippen molar-refractivity contribution in [2.45, 2.75) is 69.4 Å². The molecule has 3 fully saturated rings. The second-order valence-corrected chi connectivity index (χ2v) is 13.3. The maximum absolute atomic E-state index is 13.6. The highest BCUT2D eigenvalue weighted by molar-refractivity contribution is 7.90. The van der Waals surface area contributed by atoms with Gasteiger partial charge in [0.15, 0.2) is 0 Å². The molecule has 10 heteroatoms. The highest BCUT2D eigenvalue weighted by atomic mass is 32.2. The highest BCUT2D eigenvalue weighted by Crippen LogP contribution is 2.60. The van der Waals surface area contributed by atoms with Gasteiger partial charge in [-0.2, -0.15) is 0 Å². The average Bonchev–Trinajstić information content (AvgIpc) is 3.74. The Bertz CT molecular complexity index is 1340. The van der Waals surface area contributed by atoms with Crippen LogP contribution in [0.2, 0.25) is 0 Å². The quantitative estimate of drug-likeness (QED) is 0.527. The molecule has 198 valence electrons. The van der Waals surface area contributed by atoms with Gasteiger partial charge in [0, 0.05) is 24.2 Å². The highest BCUT2D eigenvalue weighted by Gasteiger charge is 2.67. The molecule has 0 spiro atoms. The number of fused-ring (bicyclic) bond motifs is 1. The average molecular weight is 527 g/mol. The lowest BCUT2D eigenvalue weighted by Gasteiger charge is -2.33. The molecule has 2 heterocycles. The molecule has 9 nitrogen and oxygen atoms in total. The molecule has 0 bridgehead atoms. The van der Waals surface area contributed by atoms with Crippen molar-refractivity contribution in [1.29, 1.82) is 0 Å². The van der Waals surface area contributed by atoms with Crippen molar-refractivity contribution >= 4 is 38.6 Å². The maximum Gasteiger partial charge on any atom is 0.410 e. The summed E-state index contributed by atoms with van der Waals surface area (Å²) in [5.74, 6) is -0.114. The number of carbonyl (C=O) groups excluding carboxylic acids is 2. The molecule has 5 rings (SSSR count). The van der Waals surface area contributed by atoms with Gasteiger partial charge in [0.25, 0.3) is 0 Å². The number of sulfonamides is 1. The summed E-state index contributed by atoms with van der Waals surface area (Å²) in [6.45, 7) is 9.54. The van der Waals surface area contributed by atoms with E-state index in [2.05, 4.69) is 21.6 Å². The number of hydrogen-bond donors (Lipinski definition) is 2. The summed E-state index contributed by atoms with van der Waals surface area (Å²) in [5, 5.41) is 4.94. The van der Waals surface area contributed by atoms with Gasteiger partial charge in [-0.15, -0.1) is 6.58 Å². The third kappa shape index (κ3) is 4.91. The molecular formula is C27H34N4O5S. The first-order valence-corrected chi connectivity index (χ1v) is 14.3. The number of amides is 2. The second-order valence-electron chi connectivity index (χ2n) is 11.4. The van der Waals surface area contributed by atoms with Crippen LogP contribution < -0.4 is 10.0 Å². The minimum Gasteiger partial charge on any atom is -0.444 e. The van der Waals surface area contributed by atoms with Crippen molar-refractivity contribution in [3.8, 4) is 0 Å². The Morgan fingerprint density at radius 1 is 1.22 bits per heavy atom. The van der Waals surface area contributed by atoms with E-state index in [1.54, 1.807) is 37.9 Å². The summed E-state index contributed by atoms with van der Waals surface area (Å²) < 4.78 is 33.3. The molecular weight excluding hydrogens is 492 g/mol. The number of pyridine rings is 1. The number of rotatable bonds is 7. The Labute approximate surface area is 217 Å². The van der Waals surface area contributed by atoms with Crippen molar-refractivity contribution in [3.63, 3.8) is 0 Å². The number of ether oxygens (including phenoxy) is 1. The van der Waals surface area contributed by atoms with Crippen LogP contribution >= 0.6 is 0 Å². The van der Waals surface area contributed by atoms with Gasteiger partial charge in [-0.3, -0.25) is 9.52 Å². The van der Waals surface area contributed by atoms with Gasteiger partial charge in [0.2, 0.25) is 15.9 Å². The number of nitrogens with one attached hydrogen (secondary N) is 2. The number of likely N-dealkylation sites (tertiary alicyclic amines) is 1. The number of anilines is 1. The lowest BCUT2D eigenvalue weighted by molar-refractivity contribution is -0.127. The summed E-state index contributed by atoms with van der Waals surface area (Å²) in [6, 6.07) is 9.04. The first-order valence-electron chi connectivity index (χ1n) is 12.7. The van der Waals surface area contributed by atoms with Crippen LogP contribution in [0.3, 0.4) is 0 Å². The lowest BCUT2D eigenvalue weighted by atomic mass is 9.89. The second kappa shape index (κ2) is 9.01. The van der Waals surface area contributed by atoms with Gasteiger partial charge in [-0.05, 0) is 63.8 Å². The minimum atomic E-state index is -3.74. The van der Waals surface area contributed by atoms with Crippen molar-refractivity contribution in [2.75, 3.05) is 11.9 Å². The van der Waals surface area contributed by atoms with Crippen LogP contribution in [0.15, 0.2) is 49.2 Å². The zero-order valence-corrected chi connectivity index (χ0v) is 22.3. The van der Waals surface area contributed by atoms with E-state index in [-0.39, 0.29) is 12.0 Å². The fourth-order valence-electron chi connectivity index (χ4n) is 5.46. The molecule has 4 atom stereocenters. The molecule has 2 aromatic rings. The largest absolute Gasteiger partial charge is 0.444 e. The Hall–Kier alpha value is -3.14. The molecule has 1 aliphatic heterocycles. The molecule has 3 aliphatic rings. The fourth-order valence-corrected chi connectivity index (χ4v) is 6.83. The molecule has 2 aliphatic carbocycles. The predicted molar refractivity (Wildman–Crippen MR) is 141 cm³/mol. The Morgan fingerprint density at radius 3 is 2.59 bits per heavy atom. The third-order valence-corrected chi connectivity index (χ3v) is 9.32. The van der Waals surface area contributed by atoms with E-state index in [9.17, 15) is 18.0 Å². The zero-order chi connectivity index (χ0) is 26.6. The van der Waals surface area contributed by atoms with Gasteiger partial charge in [-0.1, -0.05) is 30.3 Å². The van der Waals surface area contributed by atoms with Crippen LogP contribution in [-0.4, -0.2) is 59.8 Å². The van der Waals surface area contributed by atoms with Crippen LogP contribution in [0, 0.1) is 11.3 Å². The molecule has 2 amide bonds. The SMILES string of the molecule is C=CC1CC1(C(=O)NS(=O)(=O)C1CC1)C1CC(Nc2nccc3ccccc23)CN1C(=O)OC(C)(C)C. The van der Waals surface area contributed by atoms with E-state index < -0.39 is 44.3 Å². The first kappa shape index (κ1) is 25.5. The molecule has 1 saturated heterocycles. The third-order valence-electron chi connectivity index (χ3n) is 7.50. The van der Waals surface area contributed by atoms with Crippen LogP contribution in [0.1, 0.15) is 46.5 Å². The number of benzene rings is 1. The predicted octanol–water partition coefficient (Wildman–Crippen LogP) is 3.83. The number of carbonyl (C=O) groups is 2. The molecule has 2 saturated carbocycles. The zero-order valence-electron chi connectivity index (χ0n) is 21.4. The monoisotopic (exact) mass is 526 g/mol. The van der Waals surface area contributed by atoms with E-state index in [4.69, 9.17) is 4.74 Å². The summed E-state index contributed by atoms with van der Waals surface area (Å²) in [6.07, 6.45) is 4.85. The Morgan fingerprint density at radius 2 is 1.95 bits per heavy atom. The van der Waals surface area contributed by atoms with Crippen LogP contribution in [0.5, 0.6) is 0 Å². The van der Waals surface area contributed by atoms with Gasteiger partial charge < -0.3 is 15.0 Å². The van der Waals surface area contributed by atoms with Crippen molar-refractivity contribution < 1.29 is 22.7 Å². The van der Waals surface area contributed by atoms with Crippen molar-refractivity contribution in [2.24, 2.45) is 11.3 Å². The molecule has 1 aromatic heterocycles. The molecule has 1 aromatic carbocycles. The molecule has 0 radical (unpaired) electrons. The van der Waals surface area contributed by atoms with E-state index in [1.165, 1.54) is 0 Å². The molecule has 2 N–H and O–H groups in total. The lowest BCUT2D eigenvalue weighted by Crippen LogP contribution is -2.51. The smallest absolute Gasteiger partial charge is 0.410 e. The summed E-state index contributed by atoms with van der Waals surface area (Å²) in [4.78, 5) is 33.0. The normalized spacial score (nSPS) is 27.5. The molecule has 4 unspecified atom stereocenters. The van der Waals surface area contributed by atoms with Gasteiger partial charge >= 0.3 is 6.09 Å². The first-order chi connectivity index (χ1) is 17.4. The topological polar surface area (TPSA) is 118 Å². The van der Waals surface area contributed by atoms with Gasteiger partial charge in [-0.25, -0.2) is 18.2 Å². The Balaban J connectivity index is 1.45. The number of hydrogen-bond acceptors (Lipinski definition) is 7. The number of aromatic nitrogens is 1. The number of allylic oxidation sites excluding steroid dienone is 1. The van der Waals surface area contributed by atoms with Crippen LogP contribution in [-0.2, 0) is 19.6 Å². The van der Waals surface area contributed by atoms with Crippen LogP contribution in [0.25, 0.3) is 10.8 Å². The Kier molecular flexibility index (Phi) is 6.21. The molecule has 37 heavy (non-hydrogen) atoms. The van der Waals surface area contributed by atoms with Crippen molar-refractivity contribution in [3.05, 3.63) is 49.2 Å². The minimum absolute atomic E-state index is 0.216. The fraction of sp³-hybridized carbons (Fsp3) is 0.519. The van der Waals surface area contributed by atoms with Crippen molar-refractivity contribution in [1.82, 2.24) is 14.6 Å². The van der Waals surface area contributed by atoms with E-state index >= 15 is 0 Å².